The second-order valence-electron chi connectivity index (χ2n) is 2.55. The van der Waals surface area contributed by atoms with Crippen LogP contribution in [0.2, 0.25) is 0 Å². The van der Waals surface area contributed by atoms with Crippen molar-refractivity contribution in [2.24, 2.45) is 11.8 Å². The molecule has 0 saturated heterocycles. The van der Waals surface area contributed by atoms with E-state index in [1.807, 2.05) is 0 Å². The smallest absolute Gasteiger partial charge is 0.0246 e. The predicted octanol–water partition coefficient (Wildman–Crippen LogP) is 0.389. The Morgan fingerprint density at radius 3 is 2.11 bits per heavy atom. The Balaban J connectivity index is 3.41. The van der Waals surface area contributed by atoms with Gasteiger partial charge in [-0.05, 0) is 12.3 Å². The molecule has 0 bridgehead atoms. The fraction of sp³-hybridized carbons (Fsp3) is 1.00. The molecule has 0 aromatic heterocycles. The zero-order valence-electron chi connectivity index (χ0n) is 6.44. The summed E-state index contributed by atoms with van der Waals surface area (Å²) in [5.41, 5.74) is 5.41. The first-order valence-corrected chi connectivity index (χ1v) is 3.43. The van der Waals surface area contributed by atoms with Gasteiger partial charge in [-0.2, -0.15) is 5.53 Å². The fourth-order valence-corrected chi connectivity index (χ4v) is 0.847. The third-order valence-corrected chi connectivity index (χ3v) is 1.51. The van der Waals surface area contributed by atoms with E-state index >= 15 is 0 Å². The van der Waals surface area contributed by atoms with Crippen LogP contribution in [0, 0.1) is 5.92 Å². The molecule has 3 heteroatoms. The molecule has 0 aliphatic carbocycles. The van der Waals surface area contributed by atoms with Crippen molar-refractivity contribution < 1.29 is 0 Å². The molecule has 0 aliphatic heterocycles. The highest BCUT2D eigenvalue weighted by atomic mass is 15.5. The summed E-state index contributed by atoms with van der Waals surface area (Å²) in [5, 5.41) is 0. The lowest BCUT2D eigenvalue weighted by molar-refractivity contribution is 0.344. The van der Waals surface area contributed by atoms with E-state index in [-0.39, 0.29) is 0 Å². The van der Waals surface area contributed by atoms with E-state index in [0.717, 1.165) is 6.42 Å². The lowest BCUT2D eigenvalue weighted by Crippen LogP contribution is -2.46. The van der Waals surface area contributed by atoms with Gasteiger partial charge in [0.15, 0.2) is 0 Å². The van der Waals surface area contributed by atoms with Crippen LogP contribution in [0.3, 0.4) is 0 Å². The molecule has 1 atom stereocenters. The second-order valence-corrected chi connectivity index (χ2v) is 2.55. The maximum atomic E-state index is 5.08. The molecule has 0 aromatic rings. The highest BCUT2D eigenvalue weighted by molar-refractivity contribution is 4.64. The first kappa shape index (κ1) is 8.88. The van der Waals surface area contributed by atoms with Crippen LogP contribution in [-0.4, -0.2) is 6.04 Å². The van der Waals surface area contributed by atoms with Crippen LogP contribution in [0.15, 0.2) is 0 Å². The topological polar surface area (TPSA) is 50.1 Å². The van der Waals surface area contributed by atoms with Crippen LogP contribution in [-0.2, 0) is 0 Å². The van der Waals surface area contributed by atoms with Crippen LogP contribution < -0.4 is 16.8 Å². The van der Waals surface area contributed by atoms with Crippen molar-refractivity contribution in [1.29, 1.82) is 0 Å². The van der Waals surface area contributed by atoms with Crippen molar-refractivity contribution in [3.05, 3.63) is 0 Å². The van der Waals surface area contributed by atoms with Crippen LogP contribution in [0.4, 0.5) is 0 Å². The minimum absolute atomic E-state index is 0.481. The zero-order chi connectivity index (χ0) is 7.28. The van der Waals surface area contributed by atoms with Crippen LogP contribution in [0.25, 0.3) is 0 Å². The molecular formula is C6H17N3. The van der Waals surface area contributed by atoms with Gasteiger partial charge in [-0.3, -0.25) is 5.84 Å². The van der Waals surface area contributed by atoms with Crippen molar-refractivity contribution in [3.8, 4) is 0 Å². The normalized spacial score (nSPS) is 14.3. The second kappa shape index (κ2) is 4.73. The molecule has 0 rings (SSSR count). The minimum atomic E-state index is 0.481. The van der Waals surface area contributed by atoms with Crippen molar-refractivity contribution in [1.82, 2.24) is 11.0 Å². The molecule has 3 nitrogen and oxygen atoms in total. The van der Waals surface area contributed by atoms with E-state index in [0.29, 0.717) is 12.0 Å². The Kier molecular flexibility index (Phi) is 4.67. The van der Waals surface area contributed by atoms with Crippen molar-refractivity contribution in [3.63, 3.8) is 0 Å². The summed E-state index contributed by atoms with van der Waals surface area (Å²) in [6, 6.07) is 0.481. The van der Waals surface area contributed by atoms with Crippen LogP contribution in [0.5, 0.6) is 0 Å². The molecule has 0 amide bonds. The summed E-state index contributed by atoms with van der Waals surface area (Å²) >= 11 is 0. The van der Waals surface area contributed by atoms with Gasteiger partial charge in [0.25, 0.3) is 0 Å². The Morgan fingerprint density at radius 1 is 1.44 bits per heavy atom. The van der Waals surface area contributed by atoms with Gasteiger partial charge >= 0.3 is 0 Å². The van der Waals surface area contributed by atoms with Gasteiger partial charge in [0, 0.05) is 6.04 Å². The molecule has 4 N–H and O–H groups in total. The molecule has 9 heavy (non-hydrogen) atoms. The third kappa shape index (κ3) is 3.46. The zero-order valence-corrected chi connectivity index (χ0v) is 6.44. The fourth-order valence-electron chi connectivity index (χ4n) is 0.847. The first-order valence-electron chi connectivity index (χ1n) is 3.43. The van der Waals surface area contributed by atoms with Crippen LogP contribution >= 0.6 is 0 Å². The van der Waals surface area contributed by atoms with Gasteiger partial charge in [0.2, 0.25) is 0 Å². The van der Waals surface area contributed by atoms with Gasteiger partial charge in [-0.15, -0.1) is 0 Å². The maximum absolute atomic E-state index is 5.08. The number of nitrogens with two attached hydrogens (primary N) is 1. The molecule has 0 radical (unpaired) electrons. The number of hydrazine groups is 2. The Bertz CT molecular complexity index is 63.3. The third-order valence-electron chi connectivity index (χ3n) is 1.51. The average molecular weight is 131 g/mol. The van der Waals surface area contributed by atoms with E-state index in [2.05, 4.69) is 31.7 Å². The summed E-state index contributed by atoms with van der Waals surface area (Å²) in [7, 11) is 0. The highest BCUT2D eigenvalue weighted by Crippen LogP contribution is 2.02. The Morgan fingerprint density at radius 2 is 2.00 bits per heavy atom. The van der Waals surface area contributed by atoms with Crippen LogP contribution in [0.1, 0.15) is 27.2 Å². The molecule has 0 spiro atoms. The summed E-state index contributed by atoms with van der Waals surface area (Å²) in [4.78, 5) is 0. The van der Waals surface area contributed by atoms with Gasteiger partial charge in [0.1, 0.15) is 0 Å². The number of rotatable bonds is 4. The minimum Gasteiger partial charge on any atom is -0.258 e. The molecular weight excluding hydrogens is 114 g/mol. The van der Waals surface area contributed by atoms with E-state index in [1.54, 1.807) is 0 Å². The van der Waals surface area contributed by atoms with Gasteiger partial charge < -0.3 is 0 Å². The standard InChI is InChI=1S/C6H17N3/c1-4-6(5(2)3)8-9-7/h5-6,8-9H,4,7H2,1-3H3/t6-/m1/s1. The average Bonchev–Trinajstić information content (AvgIpc) is 1.82. The van der Waals surface area contributed by atoms with E-state index in [4.69, 9.17) is 5.84 Å². The number of hydrogen-bond acceptors (Lipinski definition) is 3. The monoisotopic (exact) mass is 131 g/mol. The van der Waals surface area contributed by atoms with Crippen molar-refractivity contribution >= 4 is 0 Å². The van der Waals surface area contributed by atoms with E-state index < -0.39 is 0 Å². The van der Waals surface area contributed by atoms with E-state index in [1.165, 1.54) is 0 Å². The predicted molar refractivity (Wildman–Crippen MR) is 39.4 cm³/mol. The van der Waals surface area contributed by atoms with Gasteiger partial charge in [-0.25, -0.2) is 5.43 Å². The SMILES string of the molecule is CC[C@@H](NNN)C(C)C. The van der Waals surface area contributed by atoms with Crippen molar-refractivity contribution in [2.75, 3.05) is 0 Å². The summed E-state index contributed by atoms with van der Waals surface area (Å²) in [6.45, 7) is 6.46. The molecule has 0 aromatic carbocycles. The van der Waals surface area contributed by atoms with Crippen molar-refractivity contribution in [2.45, 2.75) is 33.2 Å². The number of hydrogen-bond donors (Lipinski definition) is 3. The van der Waals surface area contributed by atoms with Gasteiger partial charge in [0.05, 0.1) is 0 Å². The largest absolute Gasteiger partial charge is 0.258 e. The Hall–Kier alpha value is -0.120. The molecule has 0 heterocycles. The van der Waals surface area contributed by atoms with Gasteiger partial charge in [-0.1, -0.05) is 20.8 Å². The summed E-state index contributed by atoms with van der Waals surface area (Å²) < 4.78 is 0. The lowest BCUT2D eigenvalue weighted by atomic mass is 10.0. The molecule has 0 aliphatic rings. The molecule has 56 valence electrons. The molecule has 0 saturated carbocycles. The quantitative estimate of drug-likeness (QED) is 0.382. The summed E-state index contributed by atoms with van der Waals surface area (Å²) in [5.74, 6) is 5.71. The highest BCUT2D eigenvalue weighted by Gasteiger charge is 2.07. The number of nitrogens with one attached hydrogen (secondary N) is 2. The maximum Gasteiger partial charge on any atom is 0.0246 e. The molecule has 0 unspecified atom stereocenters. The lowest BCUT2D eigenvalue weighted by Gasteiger charge is -2.18. The Labute approximate surface area is 56.9 Å². The first-order chi connectivity index (χ1) is 4.22. The molecule has 0 fully saturated rings. The summed E-state index contributed by atoms with van der Waals surface area (Å²) in [6.07, 6.45) is 1.10. The van der Waals surface area contributed by atoms with E-state index in [9.17, 15) is 0 Å².